The van der Waals surface area contributed by atoms with Crippen molar-refractivity contribution in [3.05, 3.63) is 11.1 Å². The second-order valence-electron chi connectivity index (χ2n) is 4.33. The van der Waals surface area contributed by atoms with Crippen molar-refractivity contribution >= 4 is 37.5 Å². The number of rotatable bonds is 3. The Morgan fingerprint density at radius 1 is 1.67 bits per heavy atom. The molecular formula is C9H17ClN2OSSi. The van der Waals surface area contributed by atoms with Crippen molar-refractivity contribution in [3.63, 3.8) is 0 Å². The molecule has 0 radical (unpaired) electrons. The van der Waals surface area contributed by atoms with Crippen molar-refractivity contribution < 1.29 is 4.79 Å². The van der Waals surface area contributed by atoms with Crippen LogP contribution in [0.2, 0.25) is 19.6 Å². The van der Waals surface area contributed by atoms with Gasteiger partial charge in [-0.1, -0.05) is 43.0 Å². The van der Waals surface area contributed by atoms with Gasteiger partial charge in [0, 0.05) is 12.0 Å². The van der Waals surface area contributed by atoms with Gasteiger partial charge in [-0.2, -0.15) is 0 Å². The molecule has 0 saturated heterocycles. The van der Waals surface area contributed by atoms with Crippen molar-refractivity contribution in [1.82, 2.24) is 9.88 Å². The first-order valence-electron chi connectivity index (χ1n) is 4.95. The molecule has 0 bridgehead atoms. The number of hydrogen-bond donors (Lipinski definition) is 1. The minimum absolute atomic E-state index is 0.0180. The summed E-state index contributed by atoms with van der Waals surface area (Å²) < 4.78 is 2.07. The summed E-state index contributed by atoms with van der Waals surface area (Å²) >= 11 is 7.69. The number of likely N-dealkylation sites (N-methyl/N-ethyl adjacent to an activating group) is 1. The predicted molar refractivity (Wildman–Crippen MR) is 69.2 cm³/mol. The van der Waals surface area contributed by atoms with Crippen molar-refractivity contribution in [2.24, 2.45) is 0 Å². The molecule has 1 aliphatic rings. The van der Waals surface area contributed by atoms with Crippen LogP contribution in [0.3, 0.4) is 0 Å². The van der Waals surface area contributed by atoms with Crippen LogP contribution in [0, 0.1) is 0 Å². The molecule has 1 unspecified atom stereocenters. The molecule has 6 heteroatoms. The van der Waals surface area contributed by atoms with Crippen molar-refractivity contribution in [2.45, 2.75) is 31.4 Å². The highest BCUT2D eigenvalue weighted by molar-refractivity contribution is 8.04. The molecule has 1 N–H and O–H groups in total. The minimum Gasteiger partial charge on any atom is -0.370 e. The van der Waals surface area contributed by atoms with Gasteiger partial charge in [-0.05, 0) is 6.92 Å². The molecule has 86 valence electrons. The summed E-state index contributed by atoms with van der Waals surface area (Å²) in [5, 5.41) is 4.67. The maximum atomic E-state index is 11.8. The lowest BCUT2D eigenvalue weighted by Crippen LogP contribution is -2.49. The fraction of sp³-hybridized carbons (Fsp3) is 0.667. The Hall–Kier alpha value is -0.133. The molecule has 3 nitrogen and oxygen atoms in total. The van der Waals surface area contributed by atoms with Gasteiger partial charge in [0.2, 0.25) is 0 Å². The van der Waals surface area contributed by atoms with Gasteiger partial charge in [0.25, 0.3) is 5.91 Å². The van der Waals surface area contributed by atoms with Gasteiger partial charge in [-0.25, -0.2) is 0 Å². The van der Waals surface area contributed by atoms with Crippen LogP contribution in [0.4, 0.5) is 0 Å². The quantitative estimate of drug-likeness (QED) is 0.483. The van der Waals surface area contributed by atoms with Crippen LogP contribution in [-0.2, 0) is 4.79 Å². The summed E-state index contributed by atoms with van der Waals surface area (Å²) in [4.78, 5) is 11.6. The van der Waals surface area contributed by atoms with Crippen molar-refractivity contribution in [2.75, 3.05) is 6.54 Å². The third-order valence-electron chi connectivity index (χ3n) is 2.05. The fourth-order valence-corrected chi connectivity index (χ4v) is 5.98. The average molecular weight is 265 g/mol. The number of hydrogen-bond acceptors (Lipinski definition) is 3. The van der Waals surface area contributed by atoms with Gasteiger partial charge < -0.3 is 9.88 Å². The normalized spacial score (nSPS) is 21.5. The number of alkyl halides is 1. The van der Waals surface area contributed by atoms with E-state index in [9.17, 15) is 4.79 Å². The van der Waals surface area contributed by atoms with Crippen molar-refractivity contribution in [1.29, 1.82) is 0 Å². The van der Waals surface area contributed by atoms with Crippen LogP contribution in [0.25, 0.3) is 0 Å². The minimum atomic E-state index is -1.59. The summed E-state index contributed by atoms with van der Waals surface area (Å²) in [7, 11) is -1.59. The maximum absolute atomic E-state index is 11.8. The maximum Gasteiger partial charge on any atom is 0.267 e. The Balaban J connectivity index is 2.85. The van der Waals surface area contributed by atoms with Gasteiger partial charge in [0.1, 0.15) is 10.5 Å². The number of amides is 1. The Bertz CT molecular complexity index is 290. The van der Waals surface area contributed by atoms with Crippen LogP contribution >= 0.6 is 23.4 Å². The third-order valence-corrected chi connectivity index (χ3v) is 5.64. The number of carbonyl (C=O) groups is 1. The van der Waals surface area contributed by atoms with E-state index in [1.807, 2.05) is 12.3 Å². The van der Waals surface area contributed by atoms with E-state index in [1.54, 1.807) is 0 Å². The molecule has 0 spiro atoms. The standard InChI is InChI=1S/C9H17ClN2OSSi/c1-5-11-8(13)7-6-14-9(10)12(7)15(2,3)4/h6,9H,5H2,1-4H3,(H,11,13). The first-order chi connectivity index (χ1) is 6.88. The monoisotopic (exact) mass is 264 g/mol. The van der Waals surface area contributed by atoms with E-state index >= 15 is 0 Å². The SMILES string of the molecule is CCNC(=O)C1=CSC(Cl)N1[Si](C)(C)C. The summed E-state index contributed by atoms with van der Waals surface area (Å²) in [6.45, 7) is 9.11. The highest BCUT2D eigenvalue weighted by Gasteiger charge is 2.37. The van der Waals surface area contributed by atoms with E-state index in [0.29, 0.717) is 6.54 Å². The number of nitrogens with zero attached hydrogens (tertiary/aromatic N) is 1. The van der Waals surface area contributed by atoms with E-state index in [2.05, 4.69) is 29.5 Å². The van der Waals surface area contributed by atoms with Gasteiger partial charge in [-0.3, -0.25) is 4.79 Å². The second kappa shape index (κ2) is 4.80. The number of thioether (sulfide) groups is 1. The topological polar surface area (TPSA) is 32.3 Å². The first kappa shape index (κ1) is 12.9. The second-order valence-corrected chi connectivity index (χ2v) is 10.8. The lowest BCUT2D eigenvalue weighted by molar-refractivity contribution is -0.118. The smallest absolute Gasteiger partial charge is 0.267 e. The first-order valence-corrected chi connectivity index (χ1v) is 9.77. The van der Waals surface area contributed by atoms with Crippen LogP contribution in [0.1, 0.15) is 6.92 Å². The van der Waals surface area contributed by atoms with E-state index in [4.69, 9.17) is 11.6 Å². The molecule has 0 aromatic rings. The Labute approximate surface area is 101 Å². The molecule has 1 heterocycles. The summed E-state index contributed by atoms with van der Waals surface area (Å²) in [5.41, 5.74) is 0.723. The van der Waals surface area contributed by atoms with Crippen LogP contribution < -0.4 is 5.32 Å². The molecule has 0 aromatic carbocycles. The molecule has 1 amide bonds. The Morgan fingerprint density at radius 2 is 2.27 bits per heavy atom. The zero-order valence-corrected chi connectivity index (χ0v) is 12.1. The molecule has 0 aromatic heterocycles. The van der Waals surface area contributed by atoms with Crippen LogP contribution in [0.5, 0.6) is 0 Å². The number of nitrogens with one attached hydrogen (secondary N) is 1. The van der Waals surface area contributed by atoms with Gasteiger partial charge in [0.05, 0.1) is 0 Å². The molecule has 1 rings (SSSR count). The summed E-state index contributed by atoms with van der Waals surface area (Å²) in [6.07, 6.45) is 0. The van der Waals surface area contributed by atoms with Crippen LogP contribution in [0.15, 0.2) is 11.1 Å². The summed E-state index contributed by atoms with van der Waals surface area (Å²) in [5.74, 6) is -0.0180. The van der Waals surface area contributed by atoms with Gasteiger partial charge >= 0.3 is 0 Å². The fourth-order valence-electron chi connectivity index (χ4n) is 1.43. The van der Waals surface area contributed by atoms with E-state index < -0.39 is 8.24 Å². The Kier molecular flexibility index (Phi) is 4.14. The van der Waals surface area contributed by atoms with Crippen molar-refractivity contribution in [3.8, 4) is 0 Å². The molecule has 0 fully saturated rings. The van der Waals surface area contributed by atoms with Gasteiger partial charge in [0.15, 0.2) is 8.24 Å². The molecule has 1 aliphatic heterocycles. The Morgan fingerprint density at radius 3 is 2.73 bits per heavy atom. The van der Waals surface area contributed by atoms with Gasteiger partial charge in [-0.15, -0.1) is 0 Å². The molecule has 1 atom stereocenters. The van der Waals surface area contributed by atoms with E-state index in [1.165, 1.54) is 11.8 Å². The zero-order valence-electron chi connectivity index (χ0n) is 9.50. The lowest BCUT2D eigenvalue weighted by atomic mass is 10.4. The molecule has 15 heavy (non-hydrogen) atoms. The highest BCUT2D eigenvalue weighted by Crippen LogP contribution is 2.37. The van der Waals surface area contributed by atoms with E-state index in [0.717, 1.165) is 5.70 Å². The largest absolute Gasteiger partial charge is 0.370 e. The zero-order chi connectivity index (χ0) is 11.6. The third kappa shape index (κ3) is 2.92. The molecular weight excluding hydrogens is 248 g/mol. The average Bonchev–Trinajstić information content (AvgIpc) is 2.46. The predicted octanol–water partition coefficient (Wildman–Crippen LogP) is 2.37. The number of carbonyl (C=O) groups excluding carboxylic acids is 1. The summed E-state index contributed by atoms with van der Waals surface area (Å²) in [6, 6.07) is 0. The lowest BCUT2D eigenvalue weighted by Gasteiger charge is -2.36. The highest BCUT2D eigenvalue weighted by atomic mass is 35.5. The van der Waals surface area contributed by atoms with Crippen LogP contribution in [-0.4, -0.2) is 30.1 Å². The number of halogens is 1. The molecule has 0 aliphatic carbocycles. The molecule has 0 saturated carbocycles. The van der Waals surface area contributed by atoms with E-state index in [-0.39, 0.29) is 10.7 Å².